The molecule has 0 aromatic carbocycles. The summed E-state index contributed by atoms with van der Waals surface area (Å²) >= 11 is 1.45. The number of carbonyl (C=O) groups is 1. The number of aliphatic hydroxyl groups is 1. The summed E-state index contributed by atoms with van der Waals surface area (Å²) in [5.41, 5.74) is -1.32. The van der Waals surface area contributed by atoms with Crippen molar-refractivity contribution in [1.29, 1.82) is 0 Å². The van der Waals surface area contributed by atoms with Crippen molar-refractivity contribution >= 4 is 29.6 Å². The standard InChI is InChI=1S/C16H16F6N6OS.C7H14N2O.2C2H6/c17-15(18,19)14(29,16(20,21)22)10-7-25-13(26-8-10)27-3-5-28(6-4-27)30-11-1-2-12(23)24-9-11;1-7(2)6(10)8-4-5-9(7)3;2*1-2/h1-2,7-9,29H,3-6H2,(H2,23,24);4-5H2,1-3H3,(H,8,10);2*1-2H3. The van der Waals surface area contributed by atoms with Crippen LogP contribution in [0.2, 0.25) is 0 Å². The van der Waals surface area contributed by atoms with Gasteiger partial charge in [0.25, 0.3) is 5.60 Å². The predicted octanol–water partition coefficient (Wildman–Crippen LogP) is 4.47. The van der Waals surface area contributed by atoms with Gasteiger partial charge in [0, 0.05) is 68.3 Å². The summed E-state index contributed by atoms with van der Waals surface area (Å²) in [6.45, 7) is 15.5. The van der Waals surface area contributed by atoms with Crippen LogP contribution >= 0.6 is 11.9 Å². The fourth-order valence-corrected chi connectivity index (χ4v) is 4.61. The predicted molar refractivity (Wildman–Crippen MR) is 159 cm³/mol. The van der Waals surface area contributed by atoms with Crippen molar-refractivity contribution in [2.75, 3.05) is 56.9 Å². The number of anilines is 2. The molecule has 0 saturated carbocycles. The SMILES string of the molecule is CC.CC.CN1CCNC(=O)C1(C)C.Nc1ccc(SN2CCN(c3ncc(C(O)(C(F)(F)F)C(F)(F)F)cn3)CC2)cn1. The van der Waals surface area contributed by atoms with Gasteiger partial charge in [-0.15, -0.1) is 0 Å². The highest BCUT2D eigenvalue weighted by Gasteiger charge is 2.71. The molecular weight excluding hydrogens is 614 g/mol. The number of amides is 1. The van der Waals surface area contributed by atoms with E-state index in [-0.39, 0.29) is 17.4 Å². The number of halogens is 6. The van der Waals surface area contributed by atoms with Gasteiger partial charge in [0.05, 0.1) is 5.54 Å². The second kappa shape index (κ2) is 16.4. The number of likely N-dealkylation sites (N-methyl/N-ethyl adjacent to an activating group) is 1. The third-order valence-electron chi connectivity index (χ3n) is 6.63. The quantitative estimate of drug-likeness (QED) is 0.321. The third kappa shape index (κ3) is 9.55. The highest BCUT2D eigenvalue weighted by molar-refractivity contribution is 7.97. The first-order valence-corrected chi connectivity index (χ1v) is 14.8. The second-order valence-electron chi connectivity index (χ2n) is 9.64. The zero-order chi connectivity index (χ0) is 33.9. The van der Waals surface area contributed by atoms with Crippen LogP contribution < -0.4 is 16.0 Å². The largest absolute Gasteiger partial charge is 0.430 e. The molecule has 0 atom stereocenters. The number of alkyl halides is 6. The first-order chi connectivity index (χ1) is 20.5. The zero-order valence-electron chi connectivity index (χ0n) is 25.9. The van der Waals surface area contributed by atoms with Gasteiger partial charge in [-0.1, -0.05) is 27.7 Å². The molecule has 2 aliphatic heterocycles. The number of aromatic nitrogens is 3. The number of nitrogens with two attached hydrogens (primary N) is 1. The molecule has 44 heavy (non-hydrogen) atoms. The van der Waals surface area contributed by atoms with E-state index in [2.05, 4.69) is 25.2 Å². The number of piperazine rings is 2. The van der Waals surface area contributed by atoms with E-state index in [1.807, 2.05) is 59.0 Å². The maximum absolute atomic E-state index is 12.9. The molecule has 2 aromatic rings. The normalized spacial score (nSPS) is 17.6. The van der Waals surface area contributed by atoms with Gasteiger partial charge in [0.15, 0.2) is 0 Å². The summed E-state index contributed by atoms with van der Waals surface area (Å²) in [7, 11) is 1.97. The Morgan fingerprint density at radius 2 is 1.41 bits per heavy atom. The number of rotatable bonds is 4. The molecule has 0 radical (unpaired) electrons. The first kappa shape index (κ1) is 39.1. The number of carbonyl (C=O) groups excluding carboxylic acids is 1. The molecule has 2 aliphatic rings. The lowest BCUT2D eigenvalue weighted by atomic mass is 9.95. The third-order valence-corrected chi connectivity index (χ3v) is 7.71. The Morgan fingerprint density at radius 1 is 0.886 bits per heavy atom. The molecule has 17 heteroatoms. The number of hydrogen-bond acceptors (Lipinski definition) is 10. The molecule has 4 rings (SSSR count). The monoisotopic (exact) mass is 656 g/mol. The molecule has 0 spiro atoms. The summed E-state index contributed by atoms with van der Waals surface area (Å²) in [5, 5.41) is 12.2. The number of nitrogens with zero attached hydrogens (tertiary/aromatic N) is 6. The van der Waals surface area contributed by atoms with Crippen molar-refractivity contribution in [2.45, 2.75) is 69.9 Å². The molecule has 1 amide bonds. The van der Waals surface area contributed by atoms with E-state index in [1.165, 1.54) is 11.9 Å². The van der Waals surface area contributed by atoms with Crippen molar-refractivity contribution in [2.24, 2.45) is 0 Å². The van der Waals surface area contributed by atoms with Crippen molar-refractivity contribution in [1.82, 2.24) is 29.5 Å². The first-order valence-electron chi connectivity index (χ1n) is 14.0. The van der Waals surface area contributed by atoms with E-state index < -0.39 is 23.5 Å². The summed E-state index contributed by atoms with van der Waals surface area (Å²) in [4.78, 5) is 27.0. The Labute approximate surface area is 258 Å². The summed E-state index contributed by atoms with van der Waals surface area (Å²) in [6, 6.07) is 3.47. The van der Waals surface area contributed by atoms with Gasteiger partial charge in [-0.2, -0.15) is 26.3 Å². The highest BCUT2D eigenvalue weighted by atomic mass is 32.2. The van der Waals surface area contributed by atoms with Crippen LogP contribution in [-0.4, -0.2) is 99.4 Å². The molecule has 2 fully saturated rings. The van der Waals surface area contributed by atoms with Gasteiger partial charge < -0.3 is 21.1 Å². The maximum Gasteiger partial charge on any atom is 0.430 e. The van der Waals surface area contributed by atoms with E-state index in [1.54, 1.807) is 17.2 Å². The topological polar surface area (TPSA) is 124 Å². The highest BCUT2D eigenvalue weighted by Crippen LogP contribution is 2.49. The van der Waals surface area contributed by atoms with Gasteiger partial charge in [-0.25, -0.2) is 19.3 Å². The smallest absolute Gasteiger partial charge is 0.384 e. The average molecular weight is 657 g/mol. The van der Waals surface area contributed by atoms with Crippen LogP contribution in [0, 0.1) is 0 Å². The van der Waals surface area contributed by atoms with E-state index in [0.29, 0.717) is 44.4 Å². The summed E-state index contributed by atoms with van der Waals surface area (Å²) in [6.07, 6.45) is -9.63. The number of hydrogen-bond donors (Lipinski definition) is 3. The molecule has 4 N–H and O–H groups in total. The minimum absolute atomic E-state index is 0.0238. The summed E-state index contributed by atoms with van der Waals surface area (Å²) < 4.78 is 79.6. The minimum atomic E-state index is -5.98. The number of nitrogen functional groups attached to an aromatic ring is 1. The summed E-state index contributed by atoms with van der Waals surface area (Å²) in [5.74, 6) is 0.498. The lowest BCUT2D eigenvalue weighted by Crippen LogP contribution is -2.60. The van der Waals surface area contributed by atoms with E-state index in [4.69, 9.17) is 5.73 Å². The van der Waals surface area contributed by atoms with E-state index in [9.17, 15) is 36.2 Å². The molecule has 0 bridgehead atoms. The second-order valence-corrected chi connectivity index (χ2v) is 10.8. The minimum Gasteiger partial charge on any atom is -0.384 e. The molecule has 2 saturated heterocycles. The Hall–Kier alpha value is -2.89. The van der Waals surface area contributed by atoms with Crippen LogP contribution in [0.1, 0.15) is 47.1 Å². The Morgan fingerprint density at radius 3 is 1.82 bits per heavy atom. The molecule has 4 heterocycles. The fraction of sp³-hybridized carbons (Fsp3) is 0.630. The van der Waals surface area contributed by atoms with Crippen molar-refractivity contribution in [3.63, 3.8) is 0 Å². The average Bonchev–Trinajstić information content (AvgIpc) is 2.99. The van der Waals surface area contributed by atoms with Crippen LogP contribution in [0.4, 0.5) is 38.1 Å². The Bertz CT molecular complexity index is 1130. The molecular formula is C27H42F6N8O2S. The van der Waals surface area contributed by atoms with Crippen molar-refractivity contribution in [3.05, 3.63) is 36.3 Å². The molecule has 250 valence electrons. The molecule has 0 unspecified atom stereocenters. The van der Waals surface area contributed by atoms with Crippen LogP contribution in [0.5, 0.6) is 0 Å². The van der Waals surface area contributed by atoms with E-state index in [0.717, 1.165) is 18.0 Å². The van der Waals surface area contributed by atoms with Crippen molar-refractivity contribution in [3.8, 4) is 0 Å². The fourth-order valence-electron chi connectivity index (χ4n) is 3.74. The van der Waals surface area contributed by atoms with Crippen LogP contribution in [-0.2, 0) is 10.4 Å². The van der Waals surface area contributed by atoms with Crippen LogP contribution in [0.15, 0.2) is 35.6 Å². The lowest BCUT2D eigenvalue weighted by Gasteiger charge is -2.38. The molecule has 0 aliphatic carbocycles. The van der Waals surface area contributed by atoms with Gasteiger partial charge >= 0.3 is 12.4 Å². The Balaban J connectivity index is 0.000000578. The van der Waals surface area contributed by atoms with Crippen LogP contribution in [0.25, 0.3) is 0 Å². The molecule has 2 aromatic heterocycles. The number of nitrogens with one attached hydrogen (secondary N) is 1. The number of pyridine rings is 1. The molecule has 10 nitrogen and oxygen atoms in total. The van der Waals surface area contributed by atoms with Gasteiger partial charge in [0.2, 0.25) is 11.9 Å². The van der Waals surface area contributed by atoms with Gasteiger partial charge in [-0.3, -0.25) is 9.69 Å². The Kier molecular flexibility index (Phi) is 14.6. The maximum atomic E-state index is 12.9. The zero-order valence-corrected chi connectivity index (χ0v) is 26.7. The van der Waals surface area contributed by atoms with Gasteiger partial charge in [0.1, 0.15) is 5.82 Å². The lowest BCUT2D eigenvalue weighted by molar-refractivity contribution is -0.376. The van der Waals surface area contributed by atoms with Crippen LogP contribution in [0.3, 0.4) is 0 Å². The van der Waals surface area contributed by atoms with Crippen molar-refractivity contribution < 1.29 is 36.2 Å². The van der Waals surface area contributed by atoms with E-state index >= 15 is 0 Å². The van der Waals surface area contributed by atoms with Gasteiger partial charge in [-0.05, 0) is 45.0 Å².